The number of benzene rings is 1. The number of alkyl halides is 2. The molecule has 1 aliphatic carbocycles. The van der Waals surface area contributed by atoms with Crippen molar-refractivity contribution in [3.8, 4) is 0 Å². The molecule has 1 N–H and O–H groups in total. The summed E-state index contributed by atoms with van der Waals surface area (Å²) in [4.78, 5) is 12.8. The molecule has 1 heterocycles. The number of ether oxygens (including phenoxy) is 1. The summed E-state index contributed by atoms with van der Waals surface area (Å²) < 4.78 is 36.9. The maximum absolute atomic E-state index is 13.8. The predicted octanol–water partition coefficient (Wildman–Crippen LogP) is -0.118. The zero-order valence-corrected chi connectivity index (χ0v) is 18.8. The van der Waals surface area contributed by atoms with Crippen molar-refractivity contribution in [1.29, 1.82) is 0 Å². The molecule has 29 heavy (non-hydrogen) atoms. The van der Waals surface area contributed by atoms with Crippen LogP contribution in [-0.2, 0) is 28.7 Å². The molecule has 0 radical (unpaired) electrons. The van der Waals surface area contributed by atoms with Crippen molar-refractivity contribution in [2.75, 3.05) is 6.61 Å². The molecule has 8 heteroatoms. The molecule has 1 saturated carbocycles. The molecule has 0 amide bonds. The summed E-state index contributed by atoms with van der Waals surface area (Å²) in [6.07, 6.45) is 3.67. The average Bonchev–Trinajstić information content (AvgIpc) is 3.21. The largest absolute Gasteiger partial charge is 1.00 e. The van der Waals surface area contributed by atoms with Gasteiger partial charge in [0, 0.05) is 32.1 Å². The van der Waals surface area contributed by atoms with E-state index in [9.17, 15) is 18.7 Å². The third-order valence-electron chi connectivity index (χ3n) is 5.69. The van der Waals surface area contributed by atoms with Crippen LogP contribution in [-0.4, -0.2) is 28.2 Å². The molecule has 1 fully saturated rings. The Balaban J connectivity index is 0.00000300. The Morgan fingerprint density at radius 1 is 1.38 bits per heavy atom. The number of hydrogen-bond donors (Lipinski definition) is 1. The molecule has 3 rings (SSSR count). The van der Waals surface area contributed by atoms with Gasteiger partial charge >= 0.3 is 5.97 Å². The quantitative estimate of drug-likeness (QED) is 0.240. The fourth-order valence-electron chi connectivity index (χ4n) is 3.86. The minimum absolute atomic E-state index is 0. The van der Waals surface area contributed by atoms with E-state index in [0.29, 0.717) is 18.5 Å². The first kappa shape index (κ1) is 23.7. The highest BCUT2D eigenvalue weighted by atomic mass is 127. The molecule has 0 unspecified atom stereocenters. The normalized spacial score (nSPS) is 20.0. The first-order chi connectivity index (χ1) is 13.2. The second kappa shape index (κ2) is 9.51. The number of halogens is 3. The number of aromatic nitrogens is 2. The molecular formula is C21H27F2IN2O3. The van der Waals surface area contributed by atoms with Gasteiger partial charge in [0.05, 0.1) is 20.2 Å². The van der Waals surface area contributed by atoms with E-state index < -0.39 is 29.8 Å². The van der Waals surface area contributed by atoms with Gasteiger partial charge in [-0.1, -0.05) is 30.3 Å². The molecule has 0 saturated heterocycles. The standard InChI is InChI=1S/C21H27F2N2O3.HI/c1-16-24(2)12-13-25(16)11-6-14-28-19(26)21(27,17-7-4-3-5-8-17)18-9-10-20(22,23)15-18;/h3-5,7-8,12-13,18,27H,6,9-11,14-15H2,1-2H3;1H/q+1;/p-1/t18-,21-;/m0./s1. The van der Waals surface area contributed by atoms with Gasteiger partial charge in [-0.15, -0.1) is 0 Å². The summed E-state index contributed by atoms with van der Waals surface area (Å²) in [7, 11) is 1.95. The van der Waals surface area contributed by atoms with Crippen LogP contribution in [0.2, 0.25) is 0 Å². The third kappa shape index (κ3) is 5.14. The third-order valence-corrected chi connectivity index (χ3v) is 5.69. The van der Waals surface area contributed by atoms with Gasteiger partial charge in [-0.2, -0.15) is 0 Å². The SMILES string of the molecule is Cc1n(CCCOC(=O)[C@](O)(c2ccccc2)[C@H]2CCC(F)(F)C2)cc[n+]1C.[I-]. The molecular weight excluding hydrogens is 493 g/mol. The Morgan fingerprint density at radius 2 is 2.07 bits per heavy atom. The lowest BCUT2D eigenvalue weighted by atomic mass is 9.80. The number of rotatable bonds is 7. The molecule has 5 nitrogen and oxygen atoms in total. The van der Waals surface area contributed by atoms with Crippen LogP contribution in [0.3, 0.4) is 0 Å². The zero-order chi connectivity index (χ0) is 20.4. The van der Waals surface area contributed by atoms with Gasteiger partial charge in [-0.05, 0) is 12.0 Å². The minimum atomic E-state index is -2.87. The van der Waals surface area contributed by atoms with E-state index in [1.54, 1.807) is 30.3 Å². The van der Waals surface area contributed by atoms with Crippen molar-refractivity contribution in [2.24, 2.45) is 13.0 Å². The Hall–Kier alpha value is -1.55. The van der Waals surface area contributed by atoms with E-state index in [4.69, 9.17) is 4.74 Å². The van der Waals surface area contributed by atoms with Gasteiger partial charge in [0.25, 0.3) is 5.82 Å². The minimum Gasteiger partial charge on any atom is -1.00 e. The van der Waals surface area contributed by atoms with Crippen molar-refractivity contribution < 1.29 is 52.0 Å². The molecule has 0 bridgehead atoms. The first-order valence-corrected chi connectivity index (χ1v) is 9.58. The summed E-state index contributed by atoms with van der Waals surface area (Å²) in [6, 6.07) is 8.27. The predicted molar refractivity (Wildman–Crippen MR) is 98.5 cm³/mol. The van der Waals surface area contributed by atoms with Crippen LogP contribution in [0.15, 0.2) is 42.7 Å². The van der Waals surface area contributed by atoms with Crippen LogP contribution in [0.5, 0.6) is 0 Å². The van der Waals surface area contributed by atoms with Gasteiger partial charge in [0.1, 0.15) is 12.4 Å². The topological polar surface area (TPSA) is 55.3 Å². The molecule has 0 spiro atoms. The number of carbonyl (C=O) groups is 1. The smallest absolute Gasteiger partial charge is 0.343 e. The maximum atomic E-state index is 13.8. The first-order valence-electron chi connectivity index (χ1n) is 9.58. The molecule has 1 aromatic carbocycles. The number of esters is 1. The average molecular weight is 520 g/mol. The van der Waals surface area contributed by atoms with Gasteiger partial charge in [0.2, 0.25) is 5.92 Å². The van der Waals surface area contributed by atoms with Crippen LogP contribution < -0.4 is 28.5 Å². The Labute approximate surface area is 186 Å². The van der Waals surface area contributed by atoms with Gasteiger partial charge in [-0.25, -0.2) is 22.7 Å². The van der Waals surface area contributed by atoms with E-state index in [1.807, 2.05) is 35.5 Å². The number of imidazole rings is 1. The summed E-state index contributed by atoms with van der Waals surface area (Å²) in [6.45, 7) is 2.75. The highest BCUT2D eigenvalue weighted by Crippen LogP contribution is 2.47. The number of aryl methyl sites for hydroxylation is 2. The van der Waals surface area contributed by atoms with Crippen LogP contribution in [0, 0.1) is 12.8 Å². The van der Waals surface area contributed by atoms with E-state index in [0.717, 1.165) is 5.82 Å². The van der Waals surface area contributed by atoms with Crippen molar-refractivity contribution in [3.63, 3.8) is 0 Å². The van der Waals surface area contributed by atoms with E-state index in [2.05, 4.69) is 0 Å². The molecule has 2 atom stereocenters. The summed E-state index contributed by atoms with van der Waals surface area (Å²) in [5.41, 5.74) is -1.76. The van der Waals surface area contributed by atoms with E-state index in [1.165, 1.54) is 0 Å². The monoisotopic (exact) mass is 520 g/mol. The molecule has 1 aliphatic rings. The molecule has 0 aliphatic heterocycles. The van der Waals surface area contributed by atoms with Crippen molar-refractivity contribution in [1.82, 2.24) is 4.57 Å². The van der Waals surface area contributed by atoms with Crippen molar-refractivity contribution in [3.05, 3.63) is 54.1 Å². The maximum Gasteiger partial charge on any atom is 0.343 e. The lowest BCUT2D eigenvalue weighted by molar-refractivity contribution is -0.677. The van der Waals surface area contributed by atoms with Crippen LogP contribution in [0.1, 0.15) is 37.1 Å². The zero-order valence-electron chi connectivity index (χ0n) is 16.7. The van der Waals surface area contributed by atoms with Crippen LogP contribution >= 0.6 is 0 Å². The van der Waals surface area contributed by atoms with E-state index >= 15 is 0 Å². The second-order valence-electron chi connectivity index (χ2n) is 7.57. The van der Waals surface area contributed by atoms with Crippen molar-refractivity contribution >= 4 is 5.97 Å². The van der Waals surface area contributed by atoms with E-state index in [-0.39, 0.29) is 43.4 Å². The fourth-order valence-corrected chi connectivity index (χ4v) is 3.86. The highest BCUT2D eigenvalue weighted by molar-refractivity contribution is 5.81. The van der Waals surface area contributed by atoms with Gasteiger partial charge < -0.3 is 33.8 Å². The number of nitrogens with zero attached hydrogens (tertiary/aromatic N) is 2. The second-order valence-corrected chi connectivity index (χ2v) is 7.57. The van der Waals surface area contributed by atoms with Gasteiger partial charge in [-0.3, -0.25) is 0 Å². The number of aliphatic hydroxyl groups is 1. The number of hydrogen-bond acceptors (Lipinski definition) is 3. The summed E-state index contributed by atoms with van der Waals surface area (Å²) in [5.74, 6) is -3.52. The lowest BCUT2D eigenvalue weighted by Gasteiger charge is -2.32. The molecule has 160 valence electrons. The Morgan fingerprint density at radius 3 is 2.62 bits per heavy atom. The molecule has 2 aromatic rings. The van der Waals surface area contributed by atoms with Crippen LogP contribution in [0.25, 0.3) is 0 Å². The Kier molecular flexibility index (Phi) is 7.78. The lowest BCUT2D eigenvalue weighted by Crippen LogP contribution is -3.00. The number of carbonyl (C=O) groups excluding carboxylic acids is 1. The summed E-state index contributed by atoms with van der Waals surface area (Å²) >= 11 is 0. The fraction of sp³-hybridized carbons (Fsp3) is 0.524. The Bertz CT molecular complexity index is 829. The van der Waals surface area contributed by atoms with Crippen LogP contribution in [0.4, 0.5) is 8.78 Å². The van der Waals surface area contributed by atoms with Gasteiger partial charge in [0.15, 0.2) is 5.60 Å². The van der Waals surface area contributed by atoms with Crippen molar-refractivity contribution in [2.45, 2.75) is 50.7 Å². The summed E-state index contributed by atoms with van der Waals surface area (Å²) in [5, 5.41) is 11.2. The highest BCUT2D eigenvalue weighted by Gasteiger charge is 2.54. The molecule has 1 aromatic heterocycles.